The van der Waals surface area contributed by atoms with E-state index in [1.165, 1.54) is 4.90 Å². The second kappa shape index (κ2) is 5.70. The van der Waals surface area contributed by atoms with Gasteiger partial charge in [0.2, 0.25) is 5.67 Å². The molecular weight excluding hydrogens is 313 g/mol. The number of carbonyl (C=O) groups is 1. The first-order valence-corrected chi connectivity index (χ1v) is 8.19. The molecular formula is C18H24FNO4. The van der Waals surface area contributed by atoms with Crippen molar-refractivity contribution in [1.82, 2.24) is 0 Å². The number of amides is 1. The van der Waals surface area contributed by atoms with Crippen molar-refractivity contribution in [2.75, 3.05) is 18.6 Å². The predicted octanol–water partition coefficient (Wildman–Crippen LogP) is 2.93. The average Bonchev–Trinajstić information content (AvgIpc) is 2.90. The van der Waals surface area contributed by atoms with Gasteiger partial charge in [0.15, 0.2) is 5.79 Å². The maximum Gasteiger partial charge on any atom is 0.267 e. The molecule has 2 fully saturated rings. The molecule has 0 radical (unpaired) electrons. The van der Waals surface area contributed by atoms with E-state index in [-0.39, 0.29) is 6.61 Å². The molecule has 24 heavy (non-hydrogen) atoms. The number of rotatable bonds is 4. The van der Waals surface area contributed by atoms with Crippen LogP contribution in [0.25, 0.3) is 0 Å². The SMILES string of the molecule is COc1ccc(N2C(=O)[C@@](F)(C(C)C)[C@@H]2[C@H]2COC(C)(C)O2)cc1. The Labute approximate surface area is 141 Å². The second-order valence-corrected chi connectivity index (χ2v) is 7.11. The van der Waals surface area contributed by atoms with Crippen molar-refractivity contribution in [2.45, 2.75) is 51.3 Å². The molecule has 0 aliphatic carbocycles. The van der Waals surface area contributed by atoms with Gasteiger partial charge in [0.25, 0.3) is 5.91 Å². The van der Waals surface area contributed by atoms with Crippen molar-refractivity contribution in [3.63, 3.8) is 0 Å². The van der Waals surface area contributed by atoms with Crippen molar-refractivity contribution in [3.8, 4) is 5.75 Å². The molecule has 2 saturated heterocycles. The minimum absolute atomic E-state index is 0.260. The summed E-state index contributed by atoms with van der Waals surface area (Å²) in [6.07, 6.45) is -0.507. The number of β-lactam (4-membered cyclic amide) rings is 1. The molecule has 132 valence electrons. The van der Waals surface area contributed by atoms with E-state index in [9.17, 15) is 4.79 Å². The Kier molecular flexibility index (Phi) is 4.08. The summed E-state index contributed by atoms with van der Waals surface area (Å²) < 4.78 is 32.1. The van der Waals surface area contributed by atoms with Gasteiger partial charge in [0.1, 0.15) is 17.9 Å². The minimum atomic E-state index is -1.95. The fraction of sp³-hybridized carbons (Fsp3) is 0.611. The zero-order valence-corrected chi connectivity index (χ0v) is 14.7. The molecule has 2 aliphatic heterocycles. The topological polar surface area (TPSA) is 48.0 Å². The maximum absolute atomic E-state index is 15.5. The Morgan fingerprint density at radius 1 is 1.29 bits per heavy atom. The third-order valence-corrected chi connectivity index (χ3v) is 4.83. The first-order valence-electron chi connectivity index (χ1n) is 8.19. The van der Waals surface area contributed by atoms with Gasteiger partial charge in [-0.1, -0.05) is 13.8 Å². The van der Waals surface area contributed by atoms with Crippen LogP contribution in [0, 0.1) is 5.92 Å². The van der Waals surface area contributed by atoms with E-state index in [4.69, 9.17) is 14.2 Å². The molecule has 1 aromatic carbocycles. The molecule has 5 nitrogen and oxygen atoms in total. The van der Waals surface area contributed by atoms with Crippen LogP contribution in [0.4, 0.5) is 10.1 Å². The zero-order valence-electron chi connectivity index (χ0n) is 14.7. The predicted molar refractivity (Wildman–Crippen MR) is 87.8 cm³/mol. The van der Waals surface area contributed by atoms with Crippen molar-refractivity contribution < 1.29 is 23.4 Å². The molecule has 6 heteroatoms. The van der Waals surface area contributed by atoms with Crippen molar-refractivity contribution in [3.05, 3.63) is 24.3 Å². The van der Waals surface area contributed by atoms with Crippen LogP contribution in [0.1, 0.15) is 27.7 Å². The summed E-state index contributed by atoms with van der Waals surface area (Å²) >= 11 is 0. The Bertz CT molecular complexity index is 630. The highest BCUT2D eigenvalue weighted by Crippen LogP contribution is 2.47. The number of halogens is 1. The number of anilines is 1. The lowest BCUT2D eigenvalue weighted by molar-refractivity contribution is -0.168. The van der Waals surface area contributed by atoms with E-state index in [2.05, 4.69) is 0 Å². The largest absolute Gasteiger partial charge is 0.497 e. The molecule has 1 amide bonds. The minimum Gasteiger partial charge on any atom is -0.497 e. The lowest BCUT2D eigenvalue weighted by Gasteiger charge is -2.54. The van der Waals surface area contributed by atoms with E-state index in [0.717, 1.165) is 0 Å². The maximum atomic E-state index is 15.5. The monoisotopic (exact) mass is 337 g/mol. The highest BCUT2D eigenvalue weighted by molar-refractivity contribution is 6.08. The third-order valence-electron chi connectivity index (χ3n) is 4.83. The molecule has 3 rings (SSSR count). The molecule has 0 N–H and O–H groups in total. The highest BCUT2D eigenvalue weighted by Gasteiger charge is 2.68. The molecule has 0 aromatic heterocycles. The third kappa shape index (κ3) is 2.48. The fourth-order valence-electron chi connectivity index (χ4n) is 3.48. The van der Waals surface area contributed by atoms with E-state index in [1.54, 1.807) is 59.1 Å². The lowest BCUT2D eigenvalue weighted by atomic mass is 9.73. The van der Waals surface area contributed by atoms with Crippen molar-refractivity contribution in [2.24, 2.45) is 5.92 Å². The molecule has 3 atom stereocenters. The summed E-state index contributed by atoms with van der Waals surface area (Å²) in [7, 11) is 1.57. The second-order valence-electron chi connectivity index (χ2n) is 7.11. The smallest absolute Gasteiger partial charge is 0.267 e. The molecule has 0 unspecified atom stereocenters. The Morgan fingerprint density at radius 2 is 1.92 bits per heavy atom. The van der Waals surface area contributed by atoms with Crippen LogP contribution in [0.15, 0.2) is 24.3 Å². The van der Waals surface area contributed by atoms with Gasteiger partial charge in [-0.2, -0.15) is 0 Å². The van der Waals surface area contributed by atoms with E-state index in [0.29, 0.717) is 11.4 Å². The number of benzene rings is 1. The lowest BCUT2D eigenvalue weighted by Crippen LogP contribution is -2.78. The number of hydrogen-bond acceptors (Lipinski definition) is 4. The summed E-state index contributed by atoms with van der Waals surface area (Å²) in [4.78, 5) is 14.1. The Balaban J connectivity index is 1.93. The van der Waals surface area contributed by atoms with E-state index in [1.807, 2.05) is 0 Å². The van der Waals surface area contributed by atoms with Gasteiger partial charge in [-0.25, -0.2) is 4.39 Å². The van der Waals surface area contributed by atoms with E-state index < -0.39 is 35.4 Å². The highest BCUT2D eigenvalue weighted by atomic mass is 19.1. The first-order chi connectivity index (χ1) is 11.2. The van der Waals surface area contributed by atoms with Crippen molar-refractivity contribution >= 4 is 11.6 Å². The van der Waals surface area contributed by atoms with Crippen molar-refractivity contribution in [1.29, 1.82) is 0 Å². The van der Waals surface area contributed by atoms with Crippen LogP contribution < -0.4 is 9.64 Å². The Morgan fingerprint density at radius 3 is 2.38 bits per heavy atom. The summed E-state index contributed by atoms with van der Waals surface area (Å²) in [5.74, 6) is -1.06. The van der Waals surface area contributed by atoms with Gasteiger partial charge < -0.3 is 14.2 Å². The number of ether oxygens (including phenoxy) is 3. The average molecular weight is 337 g/mol. The van der Waals surface area contributed by atoms with Crippen LogP contribution in [0.2, 0.25) is 0 Å². The number of carbonyl (C=O) groups excluding carboxylic acids is 1. The summed E-state index contributed by atoms with van der Waals surface area (Å²) in [6.45, 7) is 7.28. The molecule has 0 bridgehead atoms. The quantitative estimate of drug-likeness (QED) is 0.793. The van der Waals surface area contributed by atoms with Crippen LogP contribution in [-0.4, -0.2) is 43.2 Å². The van der Waals surface area contributed by atoms with Gasteiger partial charge in [-0.3, -0.25) is 9.69 Å². The summed E-state index contributed by atoms with van der Waals surface area (Å²) in [5, 5.41) is 0. The summed E-state index contributed by atoms with van der Waals surface area (Å²) in [5.41, 5.74) is -1.32. The van der Waals surface area contributed by atoms with Crippen LogP contribution >= 0.6 is 0 Å². The molecule has 2 heterocycles. The van der Waals surface area contributed by atoms with Crippen LogP contribution in [-0.2, 0) is 14.3 Å². The van der Waals surface area contributed by atoms with Gasteiger partial charge in [0, 0.05) is 5.69 Å². The molecule has 2 aliphatic rings. The van der Waals surface area contributed by atoms with Gasteiger partial charge in [-0.15, -0.1) is 0 Å². The van der Waals surface area contributed by atoms with Gasteiger partial charge in [0.05, 0.1) is 13.7 Å². The van der Waals surface area contributed by atoms with Crippen LogP contribution in [0.3, 0.4) is 0 Å². The van der Waals surface area contributed by atoms with Crippen LogP contribution in [0.5, 0.6) is 5.75 Å². The van der Waals surface area contributed by atoms with Gasteiger partial charge >= 0.3 is 0 Å². The summed E-state index contributed by atoms with van der Waals surface area (Å²) in [6, 6.07) is 6.31. The number of alkyl halides is 1. The first kappa shape index (κ1) is 17.2. The van der Waals surface area contributed by atoms with Gasteiger partial charge in [-0.05, 0) is 44.0 Å². The zero-order chi connectivity index (χ0) is 17.7. The fourth-order valence-corrected chi connectivity index (χ4v) is 3.48. The Hall–Kier alpha value is -1.66. The molecule has 1 aromatic rings. The number of methoxy groups -OCH3 is 1. The number of nitrogens with zero attached hydrogens (tertiary/aromatic N) is 1. The number of hydrogen-bond donors (Lipinski definition) is 0. The van der Waals surface area contributed by atoms with E-state index >= 15 is 4.39 Å². The molecule has 0 saturated carbocycles. The standard InChI is InChI=1S/C18H24FNO4/c1-11(2)18(19)15(14-10-23-17(3,4)24-14)20(16(18)21)12-6-8-13(22-5)9-7-12/h6-9,11,14-15H,10H2,1-5H3/t14-,15+,18-/m1/s1. The molecule has 0 spiro atoms. The normalized spacial score (nSPS) is 32.1.